The van der Waals surface area contributed by atoms with Crippen molar-refractivity contribution >= 4 is 33.9 Å². The molecule has 0 unspecified atom stereocenters. The monoisotopic (exact) mass is 613 g/mol. The van der Waals surface area contributed by atoms with Gasteiger partial charge >= 0.3 is 0 Å². The predicted octanol–water partition coefficient (Wildman–Crippen LogP) is 4.03. The molecule has 1 saturated carbocycles. The second kappa shape index (κ2) is 11.1. The number of rotatable bonds is 3. The summed E-state index contributed by atoms with van der Waals surface area (Å²) < 4.78 is 16.2. The van der Waals surface area contributed by atoms with E-state index in [0.717, 1.165) is 59.6 Å². The molecule has 0 spiro atoms. The number of carbonyl (C=O) groups is 2. The largest absolute Gasteiger partial charge is 0.494 e. The van der Waals surface area contributed by atoms with Gasteiger partial charge in [0.15, 0.2) is 5.82 Å². The normalized spacial score (nSPS) is 25.2. The van der Waals surface area contributed by atoms with Crippen LogP contribution < -0.4 is 15.8 Å². The third-order valence-electron chi connectivity index (χ3n) is 9.83. The molecule has 2 amide bonds. The first-order chi connectivity index (χ1) is 21.5. The minimum atomic E-state index is -0.632. The van der Waals surface area contributed by atoms with Crippen molar-refractivity contribution in [1.29, 1.82) is 0 Å². The summed E-state index contributed by atoms with van der Waals surface area (Å²) in [5, 5.41) is 4.15. The van der Waals surface area contributed by atoms with Crippen LogP contribution >= 0.6 is 0 Å². The molecular formula is C34H43N7O4. The summed E-state index contributed by atoms with van der Waals surface area (Å²) in [6, 6.07) is 9.61. The SMILES string of the molecule is COc1cc(C(=O)N2CCC[C@@H](N)C2)cc2nc(-c3cc4ccc5nc4n3C[C@H]3C[C@H]3COCC(C)(C)C(=O)N[C@@H]5C)n(C)c12. The average molecular weight is 614 g/mol. The van der Waals surface area contributed by atoms with E-state index in [-0.39, 0.29) is 23.9 Å². The molecule has 4 aromatic rings. The molecule has 1 saturated heterocycles. The van der Waals surface area contributed by atoms with Crippen molar-refractivity contribution in [2.75, 3.05) is 33.4 Å². The predicted molar refractivity (Wildman–Crippen MR) is 172 cm³/mol. The Morgan fingerprint density at radius 3 is 2.76 bits per heavy atom. The van der Waals surface area contributed by atoms with E-state index >= 15 is 0 Å². The number of aromatic nitrogens is 4. The summed E-state index contributed by atoms with van der Waals surface area (Å²) >= 11 is 0. The molecule has 2 aliphatic heterocycles. The molecule has 11 nitrogen and oxygen atoms in total. The van der Waals surface area contributed by atoms with E-state index in [0.29, 0.717) is 55.0 Å². The Morgan fingerprint density at radius 1 is 1.16 bits per heavy atom. The molecule has 5 heterocycles. The van der Waals surface area contributed by atoms with Gasteiger partial charge in [0.2, 0.25) is 5.91 Å². The Hall–Kier alpha value is -3.96. The van der Waals surface area contributed by atoms with E-state index in [2.05, 4.69) is 22.0 Å². The van der Waals surface area contributed by atoms with E-state index in [1.54, 1.807) is 7.11 Å². The summed E-state index contributed by atoms with van der Waals surface area (Å²) in [5.74, 6) is 2.13. The number of piperidine rings is 1. The number of nitrogens with one attached hydrogen (secondary N) is 1. The van der Waals surface area contributed by atoms with Gasteiger partial charge in [0, 0.05) is 50.3 Å². The number of ether oxygens (including phenoxy) is 2. The fourth-order valence-electron chi connectivity index (χ4n) is 6.92. The van der Waals surface area contributed by atoms with Crippen LogP contribution in [0.1, 0.15) is 62.1 Å². The summed E-state index contributed by atoms with van der Waals surface area (Å²) in [4.78, 5) is 38.7. The zero-order valence-corrected chi connectivity index (χ0v) is 26.8. The molecule has 1 aromatic carbocycles. The summed E-state index contributed by atoms with van der Waals surface area (Å²) in [6.45, 7) is 8.85. The van der Waals surface area contributed by atoms with Crippen molar-refractivity contribution < 1.29 is 19.1 Å². The van der Waals surface area contributed by atoms with Crippen molar-refractivity contribution in [1.82, 2.24) is 29.3 Å². The van der Waals surface area contributed by atoms with Gasteiger partial charge in [-0.25, -0.2) is 9.97 Å². The number of aryl methyl sites for hydroxylation is 1. The highest BCUT2D eigenvalue weighted by atomic mass is 16.5. The summed E-state index contributed by atoms with van der Waals surface area (Å²) in [6.07, 6.45) is 2.89. The molecule has 45 heavy (non-hydrogen) atoms. The highest BCUT2D eigenvalue weighted by Gasteiger charge is 2.40. The van der Waals surface area contributed by atoms with Crippen LogP contribution in [0.2, 0.25) is 0 Å². The summed E-state index contributed by atoms with van der Waals surface area (Å²) in [5.41, 5.74) is 10.2. The van der Waals surface area contributed by atoms with Crippen molar-refractivity contribution in [2.45, 2.75) is 58.7 Å². The number of hydrogen-bond acceptors (Lipinski definition) is 7. The van der Waals surface area contributed by atoms with Gasteiger partial charge < -0.3 is 34.6 Å². The minimum Gasteiger partial charge on any atom is -0.494 e. The number of benzene rings is 1. The first-order valence-corrected chi connectivity index (χ1v) is 16.0. The van der Waals surface area contributed by atoms with E-state index in [1.807, 2.05) is 55.5 Å². The van der Waals surface area contributed by atoms with Gasteiger partial charge in [-0.2, -0.15) is 0 Å². The maximum atomic E-state index is 13.5. The molecule has 3 N–H and O–H groups in total. The van der Waals surface area contributed by atoms with Crippen molar-refractivity contribution in [3.63, 3.8) is 0 Å². The lowest BCUT2D eigenvalue weighted by Gasteiger charge is -2.30. The summed E-state index contributed by atoms with van der Waals surface area (Å²) in [7, 11) is 3.61. The Morgan fingerprint density at radius 2 is 1.98 bits per heavy atom. The standard InChI is InChI=1S/C34H43N7O4/c1-19-25-9-8-20-13-27(41(30(20)37-25)15-22-11-23(22)17-45-18-34(2,3)33(43)36-19)31-38-26-12-21(14-28(44-5)29(26)39(31)4)32(42)40-10-6-7-24(35)16-40/h8-9,12-14,19,22-24H,6-7,10-11,15-18,35H2,1-5H3,(H,36,43)/t19-,22-,23+,24-/m1/s1. The molecule has 1 aliphatic carbocycles. The number of nitrogens with two attached hydrogens (primary N) is 1. The number of nitrogens with zero attached hydrogens (tertiary/aromatic N) is 5. The highest BCUT2D eigenvalue weighted by molar-refractivity contribution is 6.00. The lowest BCUT2D eigenvalue weighted by Crippen LogP contribution is -2.45. The van der Waals surface area contributed by atoms with Crippen LogP contribution in [-0.2, 0) is 23.1 Å². The highest BCUT2D eigenvalue weighted by Crippen LogP contribution is 2.43. The second-order valence-electron chi connectivity index (χ2n) is 13.8. The molecule has 2 fully saturated rings. The van der Waals surface area contributed by atoms with Crippen LogP contribution in [0.3, 0.4) is 0 Å². The number of amides is 2. The Bertz CT molecular complexity index is 1810. The number of likely N-dealkylation sites (tertiary alicyclic amines) is 1. The zero-order chi connectivity index (χ0) is 31.6. The van der Waals surface area contributed by atoms with Gasteiger partial charge in [0.25, 0.3) is 5.91 Å². The first kappa shape index (κ1) is 29.7. The smallest absolute Gasteiger partial charge is 0.254 e. The Balaban J connectivity index is 1.32. The second-order valence-corrected chi connectivity index (χ2v) is 13.8. The van der Waals surface area contributed by atoms with Crippen LogP contribution in [0.4, 0.5) is 0 Å². The number of imidazole rings is 1. The first-order valence-electron chi connectivity index (χ1n) is 16.0. The molecule has 3 aromatic heterocycles. The maximum absolute atomic E-state index is 13.5. The molecule has 11 heteroatoms. The van der Waals surface area contributed by atoms with Gasteiger partial charge in [-0.15, -0.1) is 0 Å². The van der Waals surface area contributed by atoms with Crippen LogP contribution in [0.15, 0.2) is 30.3 Å². The minimum absolute atomic E-state index is 0.00242. The average Bonchev–Trinajstić information content (AvgIpc) is 3.53. The van der Waals surface area contributed by atoms with E-state index in [4.69, 9.17) is 25.2 Å². The van der Waals surface area contributed by atoms with Crippen LogP contribution in [0.5, 0.6) is 5.75 Å². The van der Waals surface area contributed by atoms with Crippen molar-refractivity contribution in [3.05, 3.63) is 41.6 Å². The van der Waals surface area contributed by atoms with Gasteiger partial charge in [-0.3, -0.25) is 9.59 Å². The van der Waals surface area contributed by atoms with Crippen molar-refractivity contribution in [3.8, 4) is 17.3 Å². The lowest BCUT2D eigenvalue weighted by atomic mass is 9.93. The number of carbonyl (C=O) groups excluding carboxylic acids is 2. The van der Waals surface area contributed by atoms with Crippen molar-refractivity contribution in [2.24, 2.45) is 30.0 Å². The van der Waals surface area contributed by atoms with E-state index in [9.17, 15) is 9.59 Å². The third kappa shape index (κ3) is 5.35. The molecule has 4 atom stereocenters. The Labute approximate surface area is 263 Å². The number of fused-ring (bicyclic) bond motifs is 3. The zero-order valence-electron chi connectivity index (χ0n) is 26.8. The fraction of sp³-hybridized carbons (Fsp3) is 0.529. The number of pyridine rings is 1. The third-order valence-corrected chi connectivity index (χ3v) is 9.83. The molecule has 3 aliphatic rings. The molecule has 0 radical (unpaired) electrons. The van der Waals surface area contributed by atoms with Gasteiger partial charge in [-0.1, -0.05) is 0 Å². The van der Waals surface area contributed by atoms with Gasteiger partial charge in [-0.05, 0) is 82.2 Å². The van der Waals surface area contributed by atoms with Crippen LogP contribution in [0.25, 0.3) is 33.6 Å². The van der Waals surface area contributed by atoms with Gasteiger partial charge in [0.1, 0.15) is 16.9 Å². The van der Waals surface area contributed by atoms with E-state index < -0.39 is 5.41 Å². The topological polar surface area (TPSA) is 130 Å². The lowest BCUT2D eigenvalue weighted by molar-refractivity contribution is -0.133. The molecular weight excluding hydrogens is 570 g/mol. The number of hydrogen-bond donors (Lipinski definition) is 2. The van der Waals surface area contributed by atoms with E-state index in [1.165, 1.54) is 0 Å². The Kier molecular flexibility index (Phi) is 7.36. The molecule has 7 rings (SSSR count). The number of methoxy groups -OCH3 is 1. The fourth-order valence-corrected chi connectivity index (χ4v) is 6.92. The van der Waals surface area contributed by atoms with Gasteiger partial charge in [0.05, 0.1) is 42.1 Å². The maximum Gasteiger partial charge on any atom is 0.254 e. The van der Waals surface area contributed by atoms with Crippen LogP contribution in [-0.4, -0.2) is 75.3 Å². The van der Waals surface area contributed by atoms with Crippen LogP contribution in [0, 0.1) is 17.3 Å². The molecule has 2 bridgehead atoms. The molecule has 238 valence electrons. The quantitative estimate of drug-likeness (QED) is 0.357.